The molecule has 0 aliphatic rings. The maximum Gasteiger partial charge on any atom is 0.235 e. The van der Waals surface area contributed by atoms with E-state index in [1.807, 2.05) is 59.3 Å². The summed E-state index contributed by atoms with van der Waals surface area (Å²) >= 11 is 0. The Morgan fingerprint density at radius 1 is 0.500 bits per heavy atom. The zero-order chi connectivity index (χ0) is 26.5. The number of aromatic nitrogens is 5. The summed E-state index contributed by atoms with van der Waals surface area (Å²) in [5.41, 5.74) is 7.95. The number of fused-ring (bicyclic) bond motifs is 4. The largest absolute Gasteiger partial charge is 0.278 e. The van der Waals surface area contributed by atoms with Crippen molar-refractivity contribution in [2.24, 2.45) is 0 Å². The molecule has 3 heterocycles. The lowest BCUT2D eigenvalue weighted by atomic mass is 10.1. The number of rotatable bonds is 4. The molecule has 0 amide bonds. The quantitative estimate of drug-likeness (QED) is 0.238. The number of para-hydroxylation sites is 2. The first-order chi connectivity index (χ1) is 19.8. The molecule has 0 atom stereocenters. The minimum Gasteiger partial charge on any atom is -0.278 e. The first kappa shape index (κ1) is 22.4. The molecule has 188 valence electrons. The number of nitrogens with zero attached hydrogens (tertiary/aromatic N) is 5. The van der Waals surface area contributed by atoms with E-state index in [2.05, 4.69) is 89.6 Å². The van der Waals surface area contributed by atoms with E-state index in [1.165, 1.54) is 0 Å². The lowest BCUT2D eigenvalue weighted by Crippen LogP contribution is -2.03. The SMILES string of the molecule is c1ccc(-c2cc(-c3ccccc3)nc(-n3c4ccccc4c4cc5nn(-c6ccccc6)cc5cc43)n2)cc1. The van der Waals surface area contributed by atoms with Gasteiger partial charge in [0.25, 0.3) is 0 Å². The third-order valence-corrected chi connectivity index (χ3v) is 7.37. The average Bonchev–Trinajstić information content (AvgIpc) is 3.59. The number of hydrogen-bond acceptors (Lipinski definition) is 3. The summed E-state index contributed by atoms with van der Waals surface area (Å²) in [5, 5.41) is 8.23. The highest BCUT2D eigenvalue weighted by molar-refractivity contribution is 6.13. The van der Waals surface area contributed by atoms with Crippen LogP contribution in [-0.4, -0.2) is 24.3 Å². The van der Waals surface area contributed by atoms with Crippen molar-refractivity contribution in [3.63, 3.8) is 0 Å². The third-order valence-electron chi connectivity index (χ3n) is 7.37. The second-order valence-corrected chi connectivity index (χ2v) is 9.86. The molecule has 0 aliphatic carbocycles. The summed E-state index contributed by atoms with van der Waals surface area (Å²) in [4.78, 5) is 10.3. The van der Waals surface area contributed by atoms with Gasteiger partial charge in [0.2, 0.25) is 5.95 Å². The Balaban J connectivity index is 1.42. The van der Waals surface area contributed by atoms with Crippen LogP contribution in [0.5, 0.6) is 0 Å². The van der Waals surface area contributed by atoms with E-state index in [1.54, 1.807) is 0 Å². The Morgan fingerprint density at radius 3 is 1.77 bits per heavy atom. The van der Waals surface area contributed by atoms with Gasteiger partial charge in [-0.1, -0.05) is 97.1 Å². The Labute approximate surface area is 230 Å². The summed E-state index contributed by atoms with van der Waals surface area (Å²) in [6.45, 7) is 0. The standard InChI is InChI=1S/C35H23N5/c1-4-12-24(13-5-1)30-22-31(25-14-6-2-7-15-25)37-35(36-30)40-33-19-11-10-18-28(33)29-21-32-26(20-34(29)40)23-39(38-32)27-16-8-3-9-17-27/h1-23H. The maximum atomic E-state index is 5.14. The Morgan fingerprint density at radius 2 is 1.10 bits per heavy atom. The van der Waals surface area contributed by atoms with Crippen LogP contribution in [0.25, 0.3) is 66.9 Å². The molecule has 5 nitrogen and oxygen atoms in total. The zero-order valence-electron chi connectivity index (χ0n) is 21.5. The summed E-state index contributed by atoms with van der Waals surface area (Å²) in [6, 6.07) is 45.7. The van der Waals surface area contributed by atoms with Gasteiger partial charge in [0, 0.05) is 33.5 Å². The van der Waals surface area contributed by atoms with Crippen molar-refractivity contribution in [3.05, 3.63) is 140 Å². The van der Waals surface area contributed by atoms with Crippen LogP contribution in [0, 0.1) is 0 Å². The van der Waals surface area contributed by atoms with E-state index in [0.717, 1.165) is 60.9 Å². The molecule has 0 N–H and O–H groups in total. The van der Waals surface area contributed by atoms with Gasteiger partial charge in [-0.2, -0.15) is 5.10 Å². The van der Waals surface area contributed by atoms with Crippen molar-refractivity contribution < 1.29 is 0 Å². The van der Waals surface area contributed by atoms with E-state index in [9.17, 15) is 0 Å². The van der Waals surface area contributed by atoms with Crippen LogP contribution in [0.4, 0.5) is 0 Å². The fraction of sp³-hybridized carbons (Fsp3) is 0. The van der Waals surface area contributed by atoms with Crippen LogP contribution in [0.3, 0.4) is 0 Å². The zero-order valence-corrected chi connectivity index (χ0v) is 21.5. The van der Waals surface area contributed by atoms with Crippen LogP contribution in [0.1, 0.15) is 0 Å². The molecule has 0 saturated carbocycles. The normalized spacial score (nSPS) is 11.5. The van der Waals surface area contributed by atoms with Crippen molar-refractivity contribution in [1.29, 1.82) is 0 Å². The Kier molecular flexibility index (Phi) is 5.07. The summed E-state index contributed by atoms with van der Waals surface area (Å²) in [5.74, 6) is 0.640. The van der Waals surface area contributed by atoms with E-state index in [4.69, 9.17) is 15.1 Å². The van der Waals surface area contributed by atoms with E-state index in [0.29, 0.717) is 5.95 Å². The third kappa shape index (κ3) is 3.68. The first-order valence-corrected chi connectivity index (χ1v) is 13.3. The topological polar surface area (TPSA) is 48.5 Å². The molecule has 0 unspecified atom stereocenters. The second kappa shape index (κ2) is 9.03. The van der Waals surface area contributed by atoms with Crippen molar-refractivity contribution in [2.75, 3.05) is 0 Å². The van der Waals surface area contributed by atoms with Crippen LogP contribution < -0.4 is 0 Å². The van der Waals surface area contributed by atoms with Gasteiger partial charge in [0.15, 0.2) is 0 Å². The van der Waals surface area contributed by atoms with Crippen molar-refractivity contribution in [1.82, 2.24) is 24.3 Å². The summed E-state index contributed by atoms with van der Waals surface area (Å²) in [7, 11) is 0. The van der Waals surface area contributed by atoms with Crippen LogP contribution in [-0.2, 0) is 0 Å². The molecule has 3 aromatic heterocycles. The average molecular weight is 514 g/mol. The molecular formula is C35H23N5. The van der Waals surface area contributed by atoms with Crippen LogP contribution in [0.2, 0.25) is 0 Å². The van der Waals surface area contributed by atoms with Crippen LogP contribution >= 0.6 is 0 Å². The van der Waals surface area contributed by atoms with E-state index < -0.39 is 0 Å². The molecule has 0 bridgehead atoms. The predicted octanol–water partition coefficient (Wildman–Crippen LogP) is 8.25. The molecule has 5 heteroatoms. The molecule has 0 spiro atoms. The van der Waals surface area contributed by atoms with Gasteiger partial charge in [0.1, 0.15) is 0 Å². The maximum absolute atomic E-state index is 5.14. The highest BCUT2D eigenvalue weighted by atomic mass is 15.3. The molecule has 8 rings (SSSR count). The van der Waals surface area contributed by atoms with Gasteiger partial charge in [0.05, 0.1) is 33.6 Å². The fourth-order valence-corrected chi connectivity index (χ4v) is 5.46. The smallest absolute Gasteiger partial charge is 0.235 e. The molecular weight excluding hydrogens is 490 g/mol. The number of hydrogen-bond donors (Lipinski definition) is 0. The highest BCUT2D eigenvalue weighted by Crippen LogP contribution is 2.35. The Bertz CT molecular complexity index is 2090. The molecule has 0 radical (unpaired) electrons. The van der Waals surface area contributed by atoms with Gasteiger partial charge < -0.3 is 0 Å². The van der Waals surface area contributed by atoms with Crippen molar-refractivity contribution in [2.45, 2.75) is 0 Å². The van der Waals surface area contributed by atoms with E-state index in [-0.39, 0.29) is 0 Å². The highest BCUT2D eigenvalue weighted by Gasteiger charge is 2.18. The molecule has 8 aromatic rings. The summed E-state index contributed by atoms with van der Waals surface area (Å²) in [6.07, 6.45) is 2.09. The van der Waals surface area contributed by atoms with Gasteiger partial charge in [-0.05, 0) is 36.4 Å². The molecule has 0 saturated heterocycles. The molecule has 0 aliphatic heterocycles. The first-order valence-electron chi connectivity index (χ1n) is 13.3. The van der Waals surface area contributed by atoms with Gasteiger partial charge in [-0.3, -0.25) is 4.57 Å². The molecule has 5 aromatic carbocycles. The summed E-state index contributed by atoms with van der Waals surface area (Å²) < 4.78 is 4.12. The minimum atomic E-state index is 0.640. The molecule has 40 heavy (non-hydrogen) atoms. The van der Waals surface area contributed by atoms with Gasteiger partial charge >= 0.3 is 0 Å². The molecule has 0 fully saturated rings. The van der Waals surface area contributed by atoms with Gasteiger partial charge in [-0.25, -0.2) is 14.6 Å². The fourth-order valence-electron chi connectivity index (χ4n) is 5.46. The lowest BCUT2D eigenvalue weighted by Gasteiger charge is -2.11. The predicted molar refractivity (Wildman–Crippen MR) is 162 cm³/mol. The van der Waals surface area contributed by atoms with Crippen LogP contribution in [0.15, 0.2) is 140 Å². The second-order valence-electron chi connectivity index (χ2n) is 9.86. The Hall–Kier alpha value is -5.55. The monoisotopic (exact) mass is 513 g/mol. The minimum absolute atomic E-state index is 0.640. The van der Waals surface area contributed by atoms with Crippen molar-refractivity contribution in [3.8, 4) is 34.2 Å². The lowest BCUT2D eigenvalue weighted by molar-refractivity contribution is 0.897. The number of benzene rings is 5. The van der Waals surface area contributed by atoms with Gasteiger partial charge in [-0.15, -0.1) is 0 Å². The van der Waals surface area contributed by atoms with Crippen molar-refractivity contribution >= 4 is 32.7 Å². The van der Waals surface area contributed by atoms with E-state index >= 15 is 0 Å².